The van der Waals surface area contributed by atoms with Crippen LogP contribution >= 0.6 is 0 Å². The molecule has 0 aromatic heterocycles. The van der Waals surface area contributed by atoms with Crippen molar-refractivity contribution in [2.24, 2.45) is 0 Å². The molecule has 0 aromatic carbocycles. The summed E-state index contributed by atoms with van der Waals surface area (Å²) in [7, 11) is -2.21. The van der Waals surface area contributed by atoms with Gasteiger partial charge < -0.3 is 23.5 Å². The minimum Gasteiger partial charge on any atom is -1.00 e. The summed E-state index contributed by atoms with van der Waals surface area (Å²) in [6, 6.07) is 0. The predicted octanol–water partition coefficient (Wildman–Crippen LogP) is 2.65. The zero-order chi connectivity index (χ0) is 7.71. The van der Waals surface area contributed by atoms with Gasteiger partial charge in [0.05, 0.1) is 0 Å². The van der Waals surface area contributed by atoms with E-state index in [2.05, 4.69) is 39.3 Å². The second kappa shape index (κ2) is 4.13. The number of hydrogen-bond acceptors (Lipinski definition) is 0. The van der Waals surface area contributed by atoms with Gasteiger partial charge >= 0.3 is 0 Å². The van der Waals surface area contributed by atoms with Crippen LogP contribution < -0.4 is 0 Å². The molecule has 2 radical (unpaired) electrons. The van der Waals surface area contributed by atoms with E-state index in [0.717, 1.165) is 0 Å². The summed E-state index contributed by atoms with van der Waals surface area (Å²) in [5.74, 6) is 0. The van der Waals surface area contributed by atoms with Crippen LogP contribution in [-0.4, -0.2) is 35.3 Å². The van der Waals surface area contributed by atoms with Crippen LogP contribution in [0.2, 0.25) is 39.3 Å². The van der Waals surface area contributed by atoms with E-state index in [0.29, 0.717) is 0 Å². The summed E-state index contributed by atoms with van der Waals surface area (Å²) in [6.07, 6.45) is 0. The summed E-state index contributed by atoms with van der Waals surface area (Å²) in [5, 5.41) is 0. The first-order valence-corrected chi connectivity index (χ1v) is 10.3. The van der Waals surface area contributed by atoms with E-state index in [-0.39, 0.29) is 18.9 Å². The monoisotopic (exact) mass is 167 g/mol. The standard InChI is InChI=1S/C6H18NSi2.Li/c1-8(2,3)7-9(4,5)6;/h1-6H3;/q2*-1. The topological polar surface area (TPSA) is 14.1 Å². The average Bonchev–Trinajstić information content (AvgIpc) is 1.14. The van der Waals surface area contributed by atoms with E-state index in [1.807, 2.05) is 0 Å². The molecule has 0 N–H and O–H groups in total. The van der Waals surface area contributed by atoms with Crippen molar-refractivity contribution in [3.63, 3.8) is 0 Å². The zero-order valence-electron chi connectivity index (χ0n) is 8.45. The van der Waals surface area contributed by atoms with Crippen molar-refractivity contribution in [2.75, 3.05) is 0 Å². The van der Waals surface area contributed by atoms with E-state index in [9.17, 15) is 0 Å². The first-order chi connectivity index (χ1) is 3.71. The van der Waals surface area contributed by atoms with Crippen LogP contribution in [0.1, 0.15) is 0 Å². The van der Waals surface area contributed by atoms with Gasteiger partial charge in [0.25, 0.3) is 0 Å². The molecule has 0 spiro atoms. The van der Waals surface area contributed by atoms with E-state index in [4.69, 9.17) is 4.65 Å². The zero-order valence-corrected chi connectivity index (χ0v) is 10.4. The first-order valence-electron chi connectivity index (χ1n) is 3.45. The largest absolute Gasteiger partial charge is 1.00 e. The van der Waals surface area contributed by atoms with Gasteiger partial charge in [0.1, 0.15) is 0 Å². The molecule has 58 valence electrons. The molecule has 0 rings (SSSR count). The second-order valence-corrected chi connectivity index (χ2v) is 14.0. The maximum Gasteiger partial charge on any atom is -0.0691 e. The Kier molecular flexibility index (Phi) is 5.60. The fraction of sp³-hybridized carbons (Fsp3) is 1.00. The van der Waals surface area contributed by atoms with Gasteiger partial charge in [-0.25, -0.2) is 0 Å². The molecule has 0 saturated heterocycles. The van der Waals surface area contributed by atoms with Crippen molar-refractivity contribution in [1.29, 1.82) is 0 Å². The Labute approximate surface area is 79.3 Å². The van der Waals surface area contributed by atoms with Crippen molar-refractivity contribution < 1.29 is 0 Å². The third-order valence-electron chi connectivity index (χ3n) is 0.671. The summed E-state index contributed by atoms with van der Waals surface area (Å²) in [6.45, 7) is 13.8. The summed E-state index contributed by atoms with van der Waals surface area (Å²) in [4.78, 5) is 0. The van der Waals surface area contributed by atoms with Crippen LogP contribution in [0.5, 0.6) is 0 Å². The van der Waals surface area contributed by atoms with Gasteiger partial charge in [-0.2, -0.15) is 0 Å². The Morgan fingerprint density at radius 1 is 0.700 bits per heavy atom. The molecule has 0 aliphatic carbocycles. The third-order valence-corrected chi connectivity index (χ3v) is 6.04. The van der Waals surface area contributed by atoms with Crippen LogP contribution in [0, 0.1) is 0 Å². The smallest absolute Gasteiger partial charge is 0.0691 e. The van der Waals surface area contributed by atoms with Crippen molar-refractivity contribution >= 4 is 35.3 Å². The fourth-order valence-electron chi connectivity index (χ4n) is 1.01. The minimum atomic E-state index is -1.11. The van der Waals surface area contributed by atoms with Crippen LogP contribution in [0.25, 0.3) is 4.65 Å². The molecule has 0 aliphatic heterocycles. The molecular weight excluding hydrogens is 149 g/mol. The summed E-state index contributed by atoms with van der Waals surface area (Å²) >= 11 is 0. The Morgan fingerprint density at radius 3 is 0.900 bits per heavy atom. The van der Waals surface area contributed by atoms with Crippen molar-refractivity contribution in [3.8, 4) is 0 Å². The van der Waals surface area contributed by atoms with Gasteiger partial charge in [0, 0.05) is 0 Å². The van der Waals surface area contributed by atoms with Gasteiger partial charge in [-0.15, -0.1) is 0 Å². The summed E-state index contributed by atoms with van der Waals surface area (Å²) in [5.41, 5.74) is 0. The van der Waals surface area contributed by atoms with E-state index in [1.165, 1.54) is 0 Å². The van der Waals surface area contributed by atoms with Crippen molar-refractivity contribution in [1.82, 2.24) is 0 Å². The first kappa shape index (κ1) is 13.6. The molecule has 0 aliphatic rings. The molecule has 0 saturated carbocycles. The normalized spacial score (nSPS) is 12.6. The molecule has 0 bridgehead atoms. The predicted molar refractivity (Wildman–Crippen MR) is 55.8 cm³/mol. The number of hydrogen-bond donors (Lipinski definition) is 0. The SMILES string of the molecule is C[Si](C)(C)[N-][Si](C)(C)C.[Li-]. The molecule has 0 amide bonds. The Hall–Kier alpha value is 0.991. The molecule has 10 heavy (non-hydrogen) atoms. The Balaban J connectivity index is 0. The fourth-order valence-corrected chi connectivity index (χ4v) is 9.06. The number of nitrogens with zero attached hydrogens (tertiary/aromatic N) is 1. The molecule has 0 atom stereocenters. The Morgan fingerprint density at radius 2 is 0.900 bits per heavy atom. The van der Waals surface area contributed by atoms with Crippen molar-refractivity contribution in [3.05, 3.63) is 4.65 Å². The molecule has 0 aromatic rings. The van der Waals surface area contributed by atoms with E-state index in [1.54, 1.807) is 0 Å². The number of rotatable bonds is 2. The molecule has 1 nitrogen and oxygen atoms in total. The van der Waals surface area contributed by atoms with Crippen LogP contribution in [-0.2, 0) is 0 Å². The summed E-state index contributed by atoms with van der Waals surface area (Å²) < 4.78 is 4.82. The molecular formula is C6H18LiNSi2-2. The molecule has 4 heteroatoms. The van der Waals surface area contributed by atoms with Crippen LogP contribution in [0.4, 0.5) is 0 Å². The van der Waals surface area contributed by atoms with Gasteiger partial charge in [-0.1, -0.05) is 55.8 Å². The molecule has 0 heterocycles. The average molecular weight is 167 g/mol. The van der Waals surface area contributed by atoms with E-state index >= 15 is 0 Å². The van der Waals surface area contributed by atoms with Gasteiger partial charge in [0.2, 0.25) is 0 Å². The maximum absolute atomic E-state index is 4.82. The maximum atomic E-state index is 4.82. The minimum absolute atomic E-state index is 0. The van der Waals surface area contributed by atoms with Crippen LogP contribution in [0.15, 0.2) is 0 Å². The quantitative estimate of drug-likeness (QED) is 0.561. The van der Waals surface area contributed by atoms with E-state index < -0.39 is 16.5 Å². The van der Waals surface area contributed by atoms with Crippen LogP contribution in [0.3, 0.4) is 0 Å². The van der Waals surface area contributed by atoms with Gasteiger partial charge in [-0.3, -0.25) is 0 Å². The van der Waals surface area contributed by atoms with Crippen molar-refractivity contribution in [2.45, 2.75) is 39.3 Å². The Bertz CT molecular complexity index is 80.9. The third kappa shape index (κ3) is 11.7. The second-order valence-electron chi connectivity index (χ2n) is 4.45. The molecule has 0 unspecified atom stereocenters. The van der Waals surface area contributed by atoms with Gasteiger partial charge in [-0.05, 0) is 0 Å². The van der Waals surface area contributed by atoms with Gasteiger partial charge in [0.15, 0.2) is 0 Å². The molecule has 0 fully saturated rings.